The highest BCUT2D eigenvalue weighted by molar-refractivity contribution is 5.79. The summed E-state index contributed by atoms with van der Waals surface area (Å²) in [4.78, 5) is 6.04. The van der Waals surface area contributed by atoms with E-state index in [1.165, 1.54) is 12.1 Å². The maximum Gasteiger partial charge on any atom is 0.191 e. The van der Waals surface area contributed by atoms with Crippen molar-refractivity contribution in [2.24, 2.45) is 4.99 Å². The van der Waals surface area contributed by atoms with Gasteiger partial charge in [0.25, 0.3) is 0 Å². The highest BCUT2D eigenvalue weighted by Crippen LogP contribution is 2.18. The van der Waals surface area contributed by atoms with Gasteiger partial charge < -0.3 is 15.5 Å². The first-order chi connectivity index (χ1) is 12.4. The molecule has 0 aliphatic heterocycles. The summed E-state index contributed by atoms with van der Waals surface area (Å²) in [5, 5.41) is 6.08. The van der Waals surface area contributed by atoms with Crippen LogP contribution in [0.5, 0.6) is 0 Å². The molecule has 2 aromatic carbocycles. The molecule has 2 aromatic rings. The lowest BCUT2D eigenvalue weighted by Crippen LogP contribution is -2.41. The lowest BCUT2D eigenvalue weighted by Gasteiger charge is -2.26. The van der Waals surface area contributed by atoms with Crippen molar-refractivity contribution < 1.29 is 13.2 Å². The summed E-state index contributed by atoms with van der Waals surface area (Å²) in [6.45, 7) is 0.553. The van der Waals surface area contributed by atoms with Crippen LogP contribution in [0.4, 0.5) is 13.2 Å². The molecule has 26 heavy (non-hydrogen) atoms. The normalized spacial score (nSPS) is 13.0. The van der Waals surface area contributed by atoms with Gasteiger partial charge in [0.2, 0.25) is 0 Å². The Kier molecular flexibility index (Phi) is 7.03. The predicted octanol–water partition coefficient (Wildman–Crippen LogP) is 3.07. The van der Waals surface area contributed by atoms with Crippen molar-refractivity contribution in [3.63, 3.8) is 0 Å². The molecule has 0 spiro atoms. The van der Waals surface area contributed by atoms with Gasteiger partial charge in [-0.3, -0.25) is 4.99 Å². The SMILES string of the molecule is CN=C(NCc1cc(F)ccc1F)NCC(c1cccc(F)c1)N(C)C. The largest absolute Gasteiger partial charge is 0.354 e. The molecule has 0 bridgehead atoms. The van der Waals surface area contributed by atoms with Crippen LogP contribution in [-0.2, 0) is 6.54 Å². The minimum atomic E-state index is -0.495. The molecule has 0 fully saturated rings. The zero-order chi connectivity index (χ0) is 19.1. The highest BCUT2D eigenvalue weighted by atomic mass is 19.1. The van der Waals surface area contributed by atoms with E-state index in [4.69, 9.17) is 0 Å². The molecule has 0 radical (unpaired) electrons. The first-order valence-corrected chi connectivity index (χ1v) is 8.21. The van der Waals surface area contributed by atoms with E-state index in [0.29, 0.717) is 12.5 Å². The minimum Gasteiger partial charge on any atom is -0.354 e. The summed E-state index contributed by atoms with van der Waals surface area (Å²) in [6, 6.07) is 9.64. The van der Waals surface area contributed by atoms with Crippen molar-refractivity contribution >= 4 is 5.96 Å². The average Bonchev–Trinajstić information content (AvgIpc) is 2.60. The Balaban J connectivity index is 1.99. The van der Waals surface area contributed by atoms with Crippen molar-refractivity contribution in [2.75, 3.05) is 27.7 Å². The van der Waals surface area contributed by atoms with Gasteiger partial charge in [-0.05, 0) is 50.0 Å². The van der Waals surface area contributed by atoms with Crippen molar-refractivity contribution in [3.05, 3.63) is 71.0 Å². The van der Waals surface area contributed by atoms with Gasteiger partial charge in [-0.2, -0.15) is 0 Å². The quantitative estimate of drug-likeness (QED) is 0.611. The summed E-state index contributed by atoms with van der Waals surface area (Å²) in [5.74, 6) is -0.833. The van der Waals surface area contributed by atoms with Gasteiger partial charge in [0, 0.05) is 25.7 Å². The third kappa shape index (κ3) is 5.49. The number of guanidine groups is 1. The predicted molar refractivity (Wildman–Crippen MR) is 97.4 cm³/mol. The van der Waals surface area contributed by atoms with E-state index in [0.717, 1.165) is 23.8 Å². The molecule has 0 heterocycles. The van der Waals surface area contributed by atoms with Crippen LogP contribution in [0.2, 0.25) is 0 Å². The zero-order valence-corrected chi connectivity index (χ0v) is 15.1. The van der Waals surface area contributed by atoms with Gasteiger partial charge in [0.15, 0.2) is 5.96 Å². The highest BCUT2D eigenvalue weighted by Gasteiger charge is 2.15. The Labute approximate surface area is 151 Å². The van der Waals surface area contributed by atoms with E-state index < -0.39 is 11.6 Å². The second-order valence-electron chi connectivity index (χ2n) is 6.08. The molecule has 0 aliphatic rings. The van der Waals surface area contributed by atoms with Crippen LogP contribution in [0.1, 0.15) is 17.2 Å². The number of likely N-dealkylation sites (N-methyl/N-ethyl adjacent to an activating group) is 1. The summed E-state index contributed by atoms with van der Waals surface area (Å²) < 4.78 is 40.4. The summed E-state index contributed by atoms with van der Waals surface area (Å²) in [7, 11) is 5.38. The standard InChI is InChI=1S/C19H23F3N4/c1-23-19(24-11-14-10-16(21)7-8-17(14)22)25-12-18(26(2)3)13-5-4-6-15(20)9-13/h4-10,18H,11-12H2,1-3H3,(H2,23,24,25). The molecular formula is C19H23F3N4. The van der Waals surface area contributed by atoms with Crippen LogP contribution < -0.4 is 10.6 Å². The lowest BCUT2D eigenvalue weighted by atomic mass is 10.1. The van der Waals surface area contributed by atoms with Gasteiger partial charge >= 0.3 is 0 Å². The van der Waals surface area contributed by atoms with Crippen LogP contribution in [-0.4, -0.2) is 38.5 Å². The first-order valence-electron chi connectivity index (χ1n) is 8.21. The Morgan fingerprint density at radius 2 is 1.77 bits per heavy atom. The Morgan fingerprint density at radius 3 is 2.42 bits per heavy atom. The van der Waals surface area contributed by atoms with Crippen LogP contribution in [0.15, 0.2) is 47.5 Å². The number of rotatable bonds is 6. The smallest absolute Gasteiger partial charge is 0.191 e. The van der Waals surface area contributed by atoms with Crippen molar-refractivity contribution in [1.29, 1.82) is 0 Å². The van der Waals surface area contributed by atoms with E-state index >= 15 is 0 Å². The fourth-order valence-electron chi connectivity index (χ4n) is 2.58. The summed E-state index contributed by atoms with van der Waals surface area (Å²) >= 11 is 0. The number of benzene rings is 2. The number of nitrogens with one attached hydrogen (secondary N) is 2. The average molecular weight is 364 g/mol. The zero-order valence-electron chi connectivity index (χ0n) is 15.1. The fraction of sp³-hybridized carbons (Fsp3) is 0.316. The molecule has 0 aliphatic carbocycles. The second-order valence-corrected chi connectivity index (χ2v) is 6.08. The van der Waals surface area contributed by atoms with Crippen LogP contribution >= 0.6 is 0 Å². The summed E-state index contributed by atoms with van der Waals surface area (Å²) in [5.41, 5.74) is 1.04. The Hall–Kier alpha value is -2.54. The van der Waals surface area contributed by atoms with Crippen molar-refractivity contribution in [3.8, 4) is 0 Å². The molecule has 0 saturated heterocycles. The van der Waals surface area contributed by atoms with E-state index in [2.05, 4.69) is 15.6 Å². The van der Waals surface area contributed by atoms with Gasteiger partial charge in [-0.25, -0.2) is 13.2 Å². The maximum atomic E-state index is 13.7. The monoisotopic (exact) mass is 364 g/mol. The van der Waals surface area contributed by atoms with Crippen LogP contribution in [0, 0.1) is 17.5 Å². The molecule has 0 saturated carbocycles. The van der Waals surface area contributed by atoms with Gasteiger partial charge in [-0.1, -0.05) is 12.1 Å². The maximum absolute atomic E-state index is 13.7. The molecule has 2 N–H and O–H groups in total. The van der Waals surface area contributed by atoms with E-state index in [1.807, 2.05) is 25.1 Å². The fourth-order valence-corrected chi connectivity index (χ4v) is 2.58. The third-order valence-corrected chi connectivity index (χ3v) is 4.00. The van der Waals surface area contributed by atoms with Crippen LogP contribution in [0.3, 0.4) is 0 Å². The van der Waals surface area contributed by atoms with Gasteiger partial charge in [0.1, 0.15) is 17.5 Å². The molecule has 7 heteroatoms. The molecule has 140 valence electrons. The Bertz CT molecular complexity index is 762. The van der Waals surface area contributed by atoms with Crippen LogP contribution in [0.25, 0.3) is 0 Å². The second kappa shape index (κ2) is 9.24. The van der Waals surface area contributed by atoms with Crippen molar-refractivity contribution in [1.82, 2.24) is 15.5 Å². The molecular weight excluding hydrogens is 341 g/mol. The van der Waals surface area contributed by atoms with Crippen molar-refractivity contribution in [2.45, 2.75) is 12.6 Å². The number of halogens is 3. The molecule has 0 amide bonds. The minimum absolute atomic E-state index is 0.0878. The third-order valence-electron chi connectivity index (χ3n) is 4.00. The summed E-state index contributed by atoms with van der Waals surface area (Å²) in [6.07, 6.45) is 0. The number of hydrogen-bond acceptors (Lipinski definition) is 2. The molecule has 0 aromatic heterocycles. The topological polar surface area (TPSA) is 39.7 Å². The number of hydrogen-bond donors (Lipinski definition) is 2. The molecule has 1 atom stereocenters. The number of nitrogens with zero attached hydrogens (tertiary/aromatic N) is 2. The van der Waals surface area contributed by atoms with E-state index in [-0.39, 0.29) is 24.0 Å². The molecule has 2 rings (SSSR count). The molecule has 4 nitrogen and oxygen atoms in total. The lowest BCUT2D eigenvalue weighted by molar-refractivity contribution is 0.297. The van der Waals surface area contributed by atoms with E-state index in [9.17, 15) is 13.2 Å². The Morgan fingerprint density at radius 1 is 1.04 bits per heavy atom. The van der Waals surface area contributed by atoms with Gasteiger partial charge in [0.05, 0.1) is 6.04 Å². The van der Waals surface area contributed by atoms with Gasteiger partial charge in [-0.15, -0.1) is 0 Å². The molecule has 1 unspecified atom stereocenters. The number of aliphatic imine (C=N–C) groups is 1. The van der Waals surface area contributed by atoms with E-state index in [1.54, 1.807) is 13.1 Å². The first kappa shape index (κ1) is 19.8.